The van der Waals surface area contributed by atoms with Crippen molar-refractivity contribution in [2.24, 2.45) is 5.73 Å². The molecule has 17 heavy (non-hydrogen) atoms. The molecule has 94 valence electrons. The average molecular weight is 258 g/mol. The number of benzene rings is 1. The van der Waals surface area contributed by atoms with E-state index >= 15 is 0 Å². The molecule has 0 aromatic heterocycles. The summed E-state index contributed by atoms with van der Waals surface area (Å²) in [6, 6.07) is 4.40. The van der Waals surface area contributed by atoms with E-state index in [0.717, 1.165) is 19.3 Å². The predicted molar refractivity (Wildman–Crippen MR) is 66.4 cm³/mol. The SMILES string of the molecule is NC1CCCCC1OCc1cc(F)ccc1Cl. The van der Waals surface area contributed by atoms with E-state index in [4.69, 9.17) is 22.1 Å². The van der Waals surface area contributed by atoms with Gasteiger partial charge in [0.15, 0.2) is 0 Å². The highest BCUT2D eigenvalue weighted by Crippen LogP contribution is 2.23. The largest absolute Gasteiger partial charge is 0.372 e. The molecule has 0 heterocycles. The van der Waals surface area contributed by atoms with Crippen LogP contribution in [-0.2, 0) is 11.3 Å². The van der Waals surface area contributed by atoms with E-state index < -0.39 is 0 Å². The van der Waals surface area contributed by atoms with E-state index in [1.165, 1.54) is 18.6 Å². The van der Waals surface area contributed by atoms with Crippen LogP contribution in [0.25, 0.3) is 0 Å². The molecule has 1 aliphatic rings. The van der Waals surface area contributed by atoms with E-state index in [1.54, 1.807) is 6.07 Å². The average Bonchev–Trinajstić information content (AvgIpc) is 2.32. The van der Waals surface area contributed by atoms with E-state index in [2.05, 4.69) is 0 Å². The maximum Gasteiger partial charge on any atom is 0.123 e. The monoisotopic (exact) mass is 257 g/mol. The second kappa shape index (κ2) is 5.80. The van der Waals surface area contributed by atoms with Crippen molar-refractivity contribution >= 4 is 11.6 Å². The maximum atomic E-state index is 13.1. The summed E-state index contributed by atoms with van der Waals surface area (Å²) in [5.74, 6) is -0.291. The lowest BCUT2D eigenvalue weighted by Crippen LogP contribution is -2.39. The summed E-state index contributed by atoms with van der Waals surface area (Å²) in [6.07, 6.45) is 4.37. The van der Waals surface area contributed by atoms with Gasteiger partial charge in [0.2, 0.25) is 0 Å². The Balaban J connectivity index is 1.94. The summed E-state index contributed by atoms with van der Waals surface area (Å²) >= 11 is 5.97. The highest BCUT2D eigenvalue weighted by atomic mass is 35.5. The fourth-order valence-electron chi connectivity index (χ4n) is 2.18. The van der Waals surface area contributed by atoms with E-state index in [0.29, 0.717) is 17.2 Å². The van der Waals surface area contributed by atoms with Crippen LogP contribution in [0.5, 0.6) is 0 Å². The van der Waals surface area contributed by atoms with Crippen molar-refractivity contribution < 1.29 is 9.13 Å². The van der Waals surface area contributed by atoms with Crippen molar-refractivity contribution in [3.63, 3.8) is 0 Å². The van der Waals surface area contributed by atoms with Crippen LogP contribution < -0.4 is 5.73 Å². The summed E-state index contributed by atoms with van der Waals surface area (Å²) < 4.78 is 18.8. The minimum absolute atomic E-state index is 0.0723. The molecular formula is C13H17ClFNO. The fraction of sp³-hybridized carbons (Fsp3) is 0.538. The van der Waals surface area contributed by atoms with Gasteiger partial charge in [0.25, 0.3) is 0 Å². The van der Waals surface area contributed by atoms with Crippen LogP contribution in [0.4, 0.5) is 4.39 Å². The van der Waals surface area contributed by atoms with Gasteiger partial charge in [0, 0.05) is 11.1 Å². The summed E-state index contributed by atoms with van der Waals surface area (Å²) in [5.41, 5.74) is 6.66. The van der Waals surface area contributed by atoms with Gasteiger partial charge < -0.3 is 10.5 Å². The van der Waals surface area contributed by atoms with Crippen LogP contribution in [0, 0.1) is 5.82 Å². The van der Waals surface area contributed by atoms with Gasteiger partial charge in [-0.1, -0.05) is 24.4 Å². The molecule has 0 saturated heterocycles. The highest BCUT2D eigenvalue weighted by Gasteiger charge is 2.22. The zero-order valence-electron chi connectivity index (χ0n) is 9.66. The van der Waals surface area contributed by atoms with Gasteiger partial charge in [-0.3, -0.25) is 0 Å². The van der Waals surface area contributed by atoms with Crippen molar-refractivity contribution in [2.45, 2.75) is 44.4 Å². The second-order valence-electron chi connectivity index (χ2n) is 4.53. The first-order valence-electron chi connectivity index (χ1n) is 5.98. The third-order valence-corrected chi connectivity index (χ3v) is 3.58. The number of ether oxygens (including phenoxy) is 1. The number of hydrogen-bond donors (Lipinski definition) is 1. The Morgan fingerprint density at radius 3 is 2.88 bits per heavy atom. The van der Waals surface area contributed by atoms with Crippen LogP contribution >= 0.6 is 11.6 Å². The first kappa shape index (κ1) is 12.8. The number of nitrogens with two attached hydrogens (primary N) is 1. The Kier molecular flexibility index (Phi) is 4.37. The van der Waals surface area contributed by atoms with Crippen LogP contribution in [0.2, 0.25) is 5.02 Å². The molecule has 2 N–H and O–H groups in total. The summed E-state index contributed by atoms with van der Waals surface area (Å²) in [6.45, 7) is 0.328. The Morgan fingerprint density at radius 2 is 2.12 bits per heavy atom. The van der Waals surface area contributed by atoms with Crippen molar-refractivity contribution in [1.29, 1.82) is 0 Å². The highest BCUT2D eigenvalue weighted by molar-refractivity contribution is 6.31. The quantitative estimate of drug-likeness (QED) is 0.902. The Hall–Kier alpha value is -0.640. The summed E-state index contributed by atoms with van der Waals surface area (Å²) in [7, 11) is 0. The van der Waals surface area contributed by atoms with Gasteiger partial charge in [0.05, 0.1) is 12.7 Å². The molecule has 1 aromatic rings. The third-order valence-electron chi connectivity index (χ3n) is 3.21. The van der Waals surface area contributed by atoms with Gasteiger partial charge in [-0.15, -0.1) is 0 Å². The molecule has 0 bridgehead atoms. The second-order valence-corrected chi connectivity index (χ2v) is 4.94. The standard InChI is InChI=1S/C13H17ClFNO/c14-11-6-5-10(15)7-9(11)8-17-13-4-2-1-3-12(13)16/h5-7,12-13H,1-4,8,16H2. The summed E-state index contributed by atoms with van der Waals surface area (Å²) in [5, 5.41) is 0.538. The minimum Gasteiger partial charge on any atom is -0.372 e. The van der Waals surface area contributed by atoms with E-state index in [9.17, 15) is 4.39 Å². The molecule has 1 saturated carbocycles. The van der Waals surface area contributed by atoms with Gasteiger partial charge in [-0.2, -0.15) is 0 Å². The molecule has 0 spiro atoms. The molecule has 1 aliphatic carbocycles. The normalized spacial score (nSPS) is 24.9. The first-order chi connectivity index (χ1) is 8.16. The van der Waals surface area contributed by atoms with Crippen molar-refractivity contribution in [3.8, 4) is 0 Å². The Bertz CT molecular complexity index is 386. The number of halogens is 2. The predicted octanol–water partition coefficient (Wildman–Crippen LogP) is 3.27. The molecule has 0 amide bonds. The molecule has 2 nitrogen and oxygen atoms in total. The molecule has 2 rings (SSSR count). The number of hydrogen-bond acceptors (Lipinski definition) is 2. The van der Waals surface area contributed by atoms with Crippen molar-refractivity contribution in [3.05, 3.63) is 34.6 Å². The fourth-order valence-corrected chi connectivity index (χ4v) is 2.36. The lowest BCUT2D eigenvalue weighted by atomic mass is 9.93. The topological polar surface area (TPSA) is 35.2 Å². The van der Waals surface area contributed by atoms with Crippen LogP contribution in [-0.4, -0.2) is 12.1 Å². The van der Waals surface area contributed by atoms with Gasteiger partial charge in [-0.25, -0.2) is 4.39 Å². The Morgan fingerprint density at radius 1 is 1.35 bits per heavy atom. The van der Waals surface area contributed by atoms with Crippen LogP contribution in [0.1, 0.15) is 31.2 Å². The molecule has 0 aliphatic heterocycles. The van der Waals surface area contributed by atoms with Gasteiger partial charge in [0.1, 0.15) is 5.82 Å². The van der Waals surface area contributed by atoms with E-state index in [1.807, 2.05) is 0 Å². The molecule has 1 aromatic carbocycles. The van der Waals surface area contributed by atoms with Crippen LogP contribution in [0.3, 0.4) is 0 Å². The molecule has 4 heteroatoms. The Labute approximate surface area is 106 Å². The molecule has 2 unspecified atom stereocenters. The maximum absolute atomic E-state index is 13.1. The first-order valence-corrected chi connectivity index (χ1v) is 6.36. The van der Waals surface area contributed by atoms with E-state index in [-0.39, 0.29) is 18.0 Å². The minimum atomic E-state index is -0.291. The van der Waals surface area contributed by atoms with Crippen molar-refractivity contribution in [1.82, 2.24) is 0 Å². The zero-order chi connectivity index (χ0) is 12.3. The van der Waals surface area contributed by atoms with Crippen molar-refractivity contribution in [2.75, 3.05) is 0 Å². The molecule has 2 atom stereocenters. The van der Waals surface area contributed by atoms with Gasteiger partial charge >= 0.3 is 0 Å². The lowest BCUT2D eigenvalue weighted by molar-refractivity contribution is 0.00399. The van der Waals surface area contributed by atoms with Gasteiger partial charge in [-0.05, 0) is 36.6 Å². The number of rotatable bonds is 3. The lowest BCUT2D eigenvalue weighted by Gasteiger charge is -2.28. The molecule has 1 fully saturated rings. The zero-order valence-corrected chi connectivity index (χ0v) is 10.4. The molecular weight excluding hydrogens is 241 g/mol. The smallest absolute Gasteiger partial charge is 0.123 e. The van der Waals surface area contributed by atoms with Crippen LogP contribution in [0.15, 0.2) is 18.2 Å². The third kappa shape index (κ3) is 3.41. The molecule has 0 radical (unpaired) electrons. The summed E-state index contributed by atoms with van der Waals surface area (Å²) in [4.78, 5) is 0.